The molecule has 0 aliphatic rings. The van der Waals surface area contributed by atoms with Crippen molar-refractivity contribution >= 4 is 0 Å². The van der Waals surface area contributed by atoms with E-state index in [-0.39, 0.29) is 37.7 Å². The van der Waals surface area contributed by atoms with E-state index in [0.717, 1.165) is 0 Å². The third-order valence-corrected chi connectivity index (χ3v) is 0.333. The Balaban J connectivity index is -0.000000980. The minimum Gasteiger partial charge on any atom is -0.689 e. The van der Waals surface area contributed by atoms with E-state index in [2.05, 4.69) is 65.5 Å². The van der Waals surface area contributed by atoms with Crippen LogP contribution in [0.1, 0.15) is 0 Å². The van der Waals surface area contributed by atoms with Crippen molar-refractivity contribution in [3.05, 3.63) is 0 Å². The summed E-state index contributed by atoms with van der Waals surface area (Å²) in [6.45, 7) is 0. The summed E-state index contributed by atoms with van der Waals surface area (Å²) in [5.74, 6) is 0. The van der Waals surface area contributed by atoms with Crippen molar-refractivity contribution < 1.29 is 114 Å². The normalized spacial score (nSPS) is 9.53. The summed E-state index contributed by atoms with van der Waals surface area (Å²) in [5, 5.41) is 59.5. The first-order chi connectivity index (χ1) is 7.41. The van der Waals surface area contributed by atoms with Crippen molar-refractivity contribution in [3.8, 4) is 0 Å². The van der Waals surface area contributed by atoms with Crippen molar-refractivity contribution in [3.63, 3.8) is 0 Å². The molecule has 0 heterocycles. The Hall–Kier alpha value is 0.595. The summed E-state index contributed by atoms with van der Waals surface area (Å²) in [4.78, 5) is 0. The minimum atomic E-state index is 0. The van der Waals surface area contributed by atoms with Crippen LogP contribution in [-0.4, -0.2) is 0 Å². The van der Waals surface area contributed by atoms with Crippen LogP contribution >= 0.6 is 0 Å². The van der Waals surface area contributed by atoms with E-state index in [9.17, 15) is 0 Å². The van der Waals surface area contributed by atoms with Gasteiger partial charge in [0.05, 0.1) is 0 Å². The molecule has 0 aliphatic heterocycles. The van der Waals surface area contributed by atoms with E-state index in [0.29, 0.717) is 0 Å². The standard InChI is InChI=1S/2Li.H2O15/c;;1-3-5-7-9-11-13-15-14-12-10-8-6-4-2/h;;1-2H/q2*+1;/p-2. The number of rotatable bonds is 12. The van der Waals surface area contributed by atoms with Crippen molar-refractivity contribution in [1.29, 1.82) is 0 Å². The third-order valence-electron chi connectivity index (χ3n) is 0.333. The summed E-state index contributed by atoms with van der Waals surface area (Å²) >= 11 is 0. The monoisotopic (exact) mass is 254 g/mol. The summed E-state index contributed by atoms with van der Waals surface area (Å²) in [6.07, 6.45) is 0. The van der Waals surface area contributed by atoms with Crippen molar-refractivity contribution in [1.82, 2.24) is 0 Å². The number of hydrogen-bond donors (Lipinski definition) is 0. The maximum Gasteiger partial charge on any atom is 1.00 e. The molecule has 0 spiro atoms. The predicted octanol–water partition coefficient (Wildman–Crippen LogP) is -9.26. The van der Waals surface area contributed by atoms with Crippen LogP contribution in [0.3, 0.4) is 0 Å². The van der Waals surface area contributed by atoms with Gasteiger partial charge in [-0.1, -0.05) is 0 Å². The van der Waals surface area contributed by atoms with Gasteiger partial charge in [0.1, 0.15) is 0 Å². The Morgan fingerprint density at radius 1 is 0.353 bits per heavy atom. The zero-order valence-corrected chi connectivity index (χ0v) is 8.12. The van der Waals surface area contributed by atoms with E-state index in [1.165, 1.54) is 0 Å². The Kier molecular flexibility index (Phi) is 29.2. The zero-order chi connectivity index (χ0) is 11.2. The first-order valence-corrected chi connectivity index (χ1v) is 2.33. The fourth-order valence-electron chi connectivity index (χ4n) is 0.125. The van der Waals surface area contributed by atoms with E-state index in [1.54, 1.807) is 0 Å². The maximum atomic E-state index is 9.02. The maximum absolute atomic E-state index is 9.02. The molecule has 0 aromatic heterocycles. The van der Waals surface area contributed by atoms with Crippen LogP contribution in [-0.2, 0) is 65.5 Å². The Morgan fingerprint density at radius 2 is 0.529 bits per heavy atom. The summed E-state index contributed by atoms with van der Waals surface area (Å²) in [7, 11) is 0. The van der Waals surface area contributed by atoms with Gasteiger partial charge in [-0.05, 0) is 55.4 Å². The molecule has 92 valence electrons. The van der Waals surface area contributed by atoms with Crippen LogP contribution in [0.4, 0.5) is 0 Å². The van der Waals surface area contributed by atoms with Gasteiger partial charge in [0.25, 0.3) is 0 Å². The Morgan fingerprint density at radius 3 is 0.706 bits per heavy atom. The smallest absolute Gasteiger partial charge is 0.689 e. The van der Waals surface area contributed by atoms with Crippen LogP contribution < -0.4 is 48.2 Å². The third kappa shape index (κ3) is 22.3. The molecule has 0 radical (unpaired) electrons. The second-order valence-electron chi connectivity index (χ2n) is 0.885. The molecule has 0 amide bonds. The zero-order valence-electron chi connectivity index (χ0n) is 8.12. The fourth-order valence-corrected chi connectivity index (χ4v) is 0.125. The van der Waals surface area contributed by atoms with Gasteiger partial charge in [0, 0.05) is 0 Å². The second kappa shape index (κ2) is 21.8. The van der Waals surface area contributed by atoms with Gasteiger partial charge in [-0.2, -0.15) is 0 Å². The average Bonchev–Trinajstić information content (AvgIpc) is 2.26. The van der Waals surface area contributed by atoms with Gasteiger partial charge in [0.2, 0.25) is 0 Å². The molecule has 0 aromatic rings. The van der Waals surface area contributed by atoms with Crippen LogP contribution in [0.15, 0.2) is 0 Å². The largest absolute Gasteiger partial charge is 1.00 e. The minimum absolute atomic E-state index is 0. The summed E-state index contributed by atoms with van der Waals surface area (Å²) < 4.78 is 0. The molecule has 0 saturated heterocycles. The van der Waals surface area contributed by atoms with Gasteiger partial charge in [-0.25, -0.2) is 0 Å². The second-order valence-corrected chi connectivity index (χ2v) is 0.885. The fraction of sp³-hybridized carbons (Fsp3) is 0. The van der Waals surface area contributed by atoms with Gasteiger partial charge in [-0.3, -0.25) is 10.1 Å². The van der Waals surface area contributed by atoms with Crippen molar-refractivity contribution in [2.45, 2.75) is 0 Å². The van der Waals surface area contributed by atoms with Crippen LogP contribution in [0, 0.1) is 0 Å². The molecule has 0 atom stereocenters. The quantitative estimate of drug-likeness (QED) is 0.139. The van der Waals surface area contributed by atoms with E-state index < -0.39 is 0 Å². The molecule has 0 saturated carbocycles. The Bertz CT molecular complexity index is 93.1. The molecule has 0 rings (SSSR count). The van der Waals surface area contributed by atoms with E-state index >= 15 is 0 Å². The molecule has 0 N–H and O–H groups in total. The van der Waals surface area contributed by atoms with Gasteiger partial charge in [-0.15, -0.1) is 0 Å². The first kappa shape index (κ1) is 22.7. The summed E-state index contributed by atoms with van der Waals surface area (Å²) in [5.41, 5.74) is 0. The van der Waals surface area contributed by atoms with Crippen molar-refractivity contribution in [2.75, 3.05) is 0 Å². The molecule has 15 nitrogen and oxygen atoms in total. The van der Waals surface area contributed by atoms with E-state index in [4.69, 9.17) is 10.5 Å². The topological polar surface area (TPSA) is 166 Å². The van der Waals surface area contributed by atoms with Gasteiger partial charge in [0.15, 0.2) is 0 Å². The molecule has 0 fully saturated rings. The van der Waals surface area contributed by atoms with Gasteiger partial charge < -0.3 is 10.5 Å². The summed E-state index contributed by atoms with van der Waals surface area (Å²) in [6, 6.07) is 0. The molecule has 17 heteroatoms. The van der Waals surface area contributed by atoms with Crippen LogP contribution in [0.2, 0.25) is 0 Å². The van der Waals surface area contributed by atoms with Crippen molar-refractivity contribution in [2.24, 2.45) is 0 Å². The van der Waals surface area contributed by atoms with Crippen LogP contribution in [0.5, 0.6) is 0 Å². The molecule has 0 aliphatic carbocycles. The Labute approximate surface area is 114 Å². The first-order valence-electron chi connectivity index (χ1n) is 2.33. The molecule has 0 aromatic carbocycles. The predicted molar refractivity (Wildman–Crippen MR) is 14.1 cm³/mol. The molecule has 17 heavy (non-hydrogen) atoms. The molecular weight excluding hydrogens is 254 g/mol. The van der Waals surface area contributed by atoms with Crippen LogP contribution in [0.25, 0.3) is 0 Å². The average molecular weight is 254 g/mol. The molecule has 0 unspecified atom stereocenters. The SMILES string of the molecule is [Li+].[Li+].[O-]OOOOOOOOOOOOO[O-]. The molecular formula is Li2O15. The van der Waals surface area contributed by atoms with Gasteiger partial charge >= 0.3 is 37.7 Å². The number of hydrogen-bond acceptors (Lipinski definition) is 15. The van der Waals surface area contributed by atoms with E-state index in [1.807, 2.05) is 0 Å². The molecule has 0 bridgehead atoms.